The summed E-state index contributed by atoms with van der Waals surface area (Å²) < 4.78 is 5.09. The zero-order valence-electron chi connectivity index (χ0n) is 8.97. The Morgan fingerprint density at radius 3 is 3.00 bits per heavy atom. The number of pyridine rings is 1. The Morgan fingerprint density at radius 1 is 1.31 bits per heavy atom. The van der Waals surface area contributed by atoms with Gasteiger partial charge in [0.1, 0.15) is 0 Å². The lowest BCUT2D eigenvalue weighted by Crippen LogP contribution is -2.00. The van der Waals surface area contributed by atoms with Crippen molar-refractivity contribution in [1.82, 2.24) is 15.1 Å². The molecule has 0 amide bonds. The number of nitrogens with zero attached hydrogens (tertiary/aromatic N) is 3. The molecule has 5 nitrogen and oxygen atoms in total. The van der Waals surface area contributed by atoms with E-state index < -0.39 is 0 Å². The van der Waals surface area contributed by atoms with Crippen LogP contribution < -0.4 is 5.73 Å². The van der Waals surface area contributed by atoms with Gasteiger partial charge in [0.05, 0.1) is 6.42 Å². The molecule has 16 heavy (non-hydrogen) atoms. The van der Waals surface area contributed by atoms with Crippen molar-refractivity contribution in [3.05, 3.63) is 41.8 Å². The number of aromatic nitrogens is 3. The third kappa shape index (κ3) is 2.87. The van der Waals surface area contributed by atoms with E-state index >= 15 is 0 Å². The van der Waals surface area contributed by atoms with Crippen molar-refractivity contribution < 1.29 is 4.52 Å². The van der Waals surface area contributed by atoms with Crippen LogP contribution in [-0.2, 0) is 12.8 Å². The predicted octanol–water partition coefficient (Wildman–Crippen LogP) is 0.947. The van der Waals surface area contributed by atoms with Crippen LogP contribution in [0.15, 0.2) is 28.9 Å². The van der Waals surface area contributed by atoms with Gasteiger partial charge in [-0.25, -0.2) is 0 Å². The fourth-order valence-electron chi connectivity index (χ4n) is 1.38. The van der Waals surface area contributed by atoms with Gasteiger partial charge in [0.15, 0.2) is 5.82 Å². The molecule has 0 aliphatic carbocycles. The van der Waals surface area contributed by atoms with Crippen LogP contribution in [0.4, 0.5) is 0 Å². The minimum absolute atomic E-state index is 0.604. The van der Waals surface area contributed by atoms with E-state index in [1.54, 1.807) is 6.20 Å². The molecule has 2 rings (SSSR count). The Labute approximate surface area is 93.7 Å². The standard InChI is InChI=1S/C11H14N4O/c12-6-3-5-11-14-10(15-16-11)8-9-4-1-2-7-13-9/h1-2,4,7H,3,5-6,8,12H2. The van der Waals surface area contributed by atoms with Gasteiger partial charge in [-0.05, 0) is 25.1 Å². The Hall–Kier alpha value is -1.75. The van der Waals surface area contributed by atoms with Crippen LogP contribution in [0.25, 0.3) is 0 Å². The molecule has 0 saturated carbocycles. The van der Waals surface area contributed by atoms with Crippen molar-refractivity contribution in [3.63, 3.8) is 0 Å². The molecular weight excluding hydrogens is 204 g/mol. The fraction of sp³-hybridized carbons (Fsp3) is 0.364. The Morgan fingerprint density at radius 2 is 2.25 bits per heavy atom. The number of hydrogen-bond donors (Lipinski definition) is 1. The van der Waals surface area contributed by atoms with Crippen LogP contribution in [0.2, 0.25) is 0 Å². The molecule has 2 aromatic rings. The minimum Gasteiger partial charge on any atom is -0.339 e. The summed E-state index contributed by atoms with van der Waals surface area (Å²) >= 11 is 0. The maximum atomic E-state index is 5.41. The van der Waals surface area contributed by atoms with Crippen molar-refractivity contribution >= 4 is 0 Å². The van der Waals surface area contributed by atoms with E-state index in [9.17, 15) is 0 Å². The molecule has 2 aromatic heterocycles. The van der Waals surface area contributed by atoms with Crippen molar-refractivity contribution in [2.24, 2.45) is 5.73 Å². The SMILES string of the molecule is NCCCc1nc(Cc2ccccn2)no1. The smallest absolute Gasteiger partial charge is 0.226 e. The van der Waals surface area contributed by atoms with Crippen molar-refractivity contribution in [3.8, 4) is 0 Å². The highest BCUT2D eigenvalue weighted by Gasteiger charge is 2.06. The molecule has 0 unspecified atom stereocenters. The Kier molecular flexibility index (Phi) is 3.61. The number of rotatable bonds is 5. The summed E-state index contributed by atoms with van der Waals surface area (Å²) in [6.07, 6.45) is 3.97. The highest BCUT2D eigenvalue weighted by Crippen LogP contribution is 2.05. The molecule has 0 spiro atoms. The topological polar surface area (TPSA) is 77.8 Å². The zero-order chi connectivity index (χ0) is 11.2. The van der Waals surface area contributed by atoms with E-state index in [-0.39, 0.29) is 0 Å². The molecule has 0 atom stereocenters. The van der Waals surface area contributed by atoms with Crippen LogP contribution >= 0.6 is 0 Å². The summed E-state index contributed by atoms with van der Waals surface area (Å²) in [5.41, 5.74) is 6.35. The Bertz CT molecular complexity index is 427. The van der Waals surface area contributed by atoms with Crippen LogP contribution in [0, 0.1) is 0 Å². The molecule has 2 N–H and O–H groups in total. The van der Waals surface area contributed by atoms with Crippen LogP contribution in [0.3, 0.4) is 0 Å². The normalized spacial score (nSPS) is 10.6. The molecule has 0 bridgehead atoms. The first kappa shape index (κ1) is 10.8. The van der Waals surface area contributed by atoms with Gasteiger partial charge in [-0.1, -0.05) is 11.2 Å². The van der Waals surface area contributed by atoms with Gasteiger partial charge in [0.2, 0.25) is 5.89 Å². The largest absolute Gasteiger partial charge is 0.339 e. The monoisotopic (exact) mass is 218 g/mol. The lowest BCUT2D eigenvalue weighted by Gasteiger charge is -1.93. The summed E-state index contributed by atoms with van der Waals surface area (Å²) in [5, 5.41) is 3.90. The molecule has 5 heteroatoms. The van der Waals surface area contributed by atoms with Crippen LogP contribution in [-0.4, -0.2) is 21.7 Å². The van der Waals surface area contributed by atoms with Crippen LogP contribution in [0.5, 0.6) is 0 Å². The molecule has 0 saturated heterocycles. The van der Waals surface area contributed by atoms with E-state index in [4.69, 9.17) is 10.3 Å². The molecule has 2 heterocycles. The second-order valence-corrected chi connectivity index (χ2v) is 3.49. The van der Waals surface area contributed by atoms with Gasteiger partial charge in [-0.15, -0.1) is 0 Å². The minimum atomic E-state index is 0.604. The average Bonchev–Trinajstić information content (AvgIpc) is 2.75. The summed E-state index contributed by atoms with van der Waals surface area (Å²) in [7, 11) is 0. The molecule has 84 valence electrons. The lowest BCUT2D eigenvalue weighted by molar-refractivity contribution is 0.371. The molecular formula is C11H14N4O. The summed E-state index contributed by atoms with van der Waals surface area (Å²) in [5.74, 6) is 1.32. The maximum Gasteiger partial charge on any atom is 0.226 e. The van der Waals surface area contributed by atoms with Gasteiger partial charge >= 0.3 is 0 Å². The van der Waals surface area contributed by atoms with Gasteiger partial charge in [-0.3, -0.25) is 4.98 Å². The predicted molar refractivity (Wildman–Crippen MR) is 58.7 cm³/mol. The van der Waals surface area contributed by atoms with E-state index in [2.05, 4.69) is 15.1 Å². The molecule has 0 fully saturated rings. The molecule has 0 radical (unpaired) electrons. The number of nitrogens with two attached hydrogens (primary N) is 1. The van der Waals surface area contributed by atoms with Gasteiger partial charge < -0.3 is 10.3 Å². The summed E-state index contributed by atoms with van der Waals surface area (Å²) in [4.78, 5) is 8.47. The molecule has 0 aliphatic heterocycles. The van der Waals surface area contributed by atoms with E-state index in [1.165, 1.54) is 0 Å². The summed E-state index contributed by atoms with van der Waals surface area (Å²) in [6, 6.07) is 5.76. The van der Waals surface area contributed by atoms with Gasteiger partial charge in [0.25, 0.3) is 0 Å². The Balaban J connectivity index is 1.97. The first-order chi connectivity index (χ1) is 7.88. The highest BCUT2D eigenvalue weighted by molar-refractivity contribution is 5.09. The van der Waals surface area contributed by atoms with Crippen molar-refractivity contribution in [2.45, 2.75) is 19.3 Å². The first-order valence-electron chi connectivity index (χ1n) is 5.30. The highest BCUT2D eigenvalue weighted by atomic mass is 16.5. The molecule has 0 aromatic carbocycles. The third-order valence-electron chi connectivity index (χ3n) is 2.17. The van der Waals surface area contributed by atoms with Crippen molar-refractivity contribution in [1.29, 1.82) is 0 Å². The van der Waals surface area contributed by atoms with Gasteiger partial charge in [-0.2, -0.15) is 4.98 Å². The summed E-state index contributed by atoms with van der Waals surface area (Å²) in [6.45, 7) is 0.637. The van der Waals surface area contributed by atoms with E-state index in [0.717, 1.165) is 18.5 Å². The zero-order valence-corrected chi connectivity index (χ0v) is 8.97. The molecule has 0 aliphatic rings. The van der Waals surface area contributed by atoms with Crippen molar-refractivity contribution in [2.75, 3.05) is 6.54 Å². The van der Waals surface area contributed by atoms with E-state index in [1.807, 2.05) is 18.2 Å². The quantitative estimate of drug-likeness (QED) is 0.808. The van der Waals surface area contributed by atoms with E-state index in [0.29, 0.717) is 24.7 Å². The average molecular weight is 218 g/mol. The maximum absolute atomic E-state index is 5.41. The lowest BCUT2D eigenvalue weighted by atomic mass is 10.2. The number of hydrogen-bond acceptors (Lipinski definition) is 5. The van der Waals surface area contributed by atoms with Crippen LogP contribution in [0.1, 0.15) is 23.8 Å². The number of aryl methyl sites for hydroxylation is 1. The third-order valence-corrected chi connectivity index (χ3v) is 2.17. The second-order valence-electron chi connectivity index (χ2n) is 3.49. The fourth-order valence-corrected chi connectivity index (χ4v) is 1.38. The first-order valence-corrected chi connectivity index (χ1v) is 5.30. The van der Waals surface area contributed by atoms with Gasteiger partial charge in [0, 0.05) is 18.3 Å². The second kappa shape index (κ2) is 5.37.